The molecule has 145 valence electrons. The summed E-state index contributed by atoms with van der Waals surface area (Å²) < 4.78 is 1.54. The van der Waals surface area contributed by atoms with E-state index in [1.807, 2.05) is 0 Å². The Morgan fingerprint density at radius 3 is 1.32 bits per heavy atom. The van der Waals surface area contributed by atoms with Crippen LogP contribution in [0.15, 0.2) is 35.4 Å². The first-order chi connectivity index (χ1) is 13.2. The molecule has 0 N–H and O–H groups in total. The van der Waals surface area contributed by atoms with Crippen LogP contribution in [-0.4, -0.2) is 5.92 Å². The summed E-state index contributed by atoms with van der Waals surface area (Å²) in [6.07, 6.45) is 5.03. The molecule has 0 aliphatic heterocycles. The molecule has 0 fully saturated rings. The number of benzene rings is 2. The first kappa shape index (κ1) is 20.3. The van der Waals surface area contributed by atoms with E-state index in [2.05, 4.69) is 91.1 Å². The molecule has 2 aromatic carbocycles. The van der Waals surface area contributed by atoms with Gasteiger partial charge in [-0.1, -0.05) is 0 Å². The Morgan fingerprint density at radius 1 is 0.607 bits per heavy atom. The summed E-state index contributed by atoms with van der Waals surface area (Å²) in [5.74, 6) is -0.727. The van der Waals surface area contributed by atoms with Crippen LogP contribution in [0.1, 0.15) is 65.6 Å². The number of allylic oxidation sites excluding steroid dienone is 2. The average molecular weight is 465 g/mol. The molecular weight excluding hydrogens is 432 g/mol. The fourth-order valence-corrected chi connectivity index (χ4v) is 28.5. The normalized spacial score (nSPS) is 20.2. The van der Waals surface area contributed by atoms with Crippen LogP contribution in [0.4, 0.5) is 0 Å². The Balaban J connectivity index is 1.86. The quantitative estimate of drug-likeness (QED) is 0.423. The van der Waals surface area contributed by atoms with Crippen LogP contribution in [0.2, 0.25) is 13.1 Å². The molecular formula is C26H33SiZr. The minimum absolute atomic E-state index is 0.727. The number of aryl methyl sites for hydroxylation is 4. The molecule has 2 aliphatic rings. The second-order valence-electron chi connectivity index (χ2n) is 9.43. The topological polar surface area (TPSA) is 0 Å². The van der Waals surface area contributed by atoms with Gasteiger partial charge in [0.25, 0.3) is 0 Å². The van der Waals surface area contributed by atoms with Gasteiger partial charge in [0.05, 0.1) is 0 Å². The molecule has 2 atom stereocenters. The predicted octanol–water partition coefficient (Wildman–Crippen LogP) is 7.14. The standard InChI is InChI=1S/2C12H13.C2H7Si.Zr/c2*1-8-4-11-6-9(2)10(3)7-12(11)5-8;1-3-2;/h2*4-7H,1-3H3;3H,1-2H3;. The third-order valence-electron chi connectivity index (χ3n) is 7.03. The van der Waals surface area contributed by atoms with Crippen molar-refractivity contribution in [2.75, 3.05) is 0 Å². The summed E-state index contributed by atoms with van der Waals surface area (Å²) in [5, 5.41) is 0. The van der Waals surface area contributed by atoms with E-state index >= 15 is 0 Å². The molecule has 2 aliphatic carbocycles. The van der Waals surface area contributed by atoms with Gasteiger partial charge in [-0.3, -0.25) is 0 Å². The molecule has 0 nitrogen and oxygen atoms in total. The summed E-state index contributed by atoms with van der Waals surface area (Å²) in [4.78, 5) is 0. The van der Waals surface area contributed by atoms with Gasteiger partial charge in [0.1, 0.15) is 0 Å². The van der Waals surface area contributed by atoms with Crippen molar-refractivity contribution in [3.63, 3.8) is 0 Å². The van der Waals surface area contributed by atoms with Crippen molar-refractivity contribution in [1.29, 1.82) is 0 Å². The van der Waals surface area contributed by atoms with Crippen LogP contribution in [0.3, 0.4) is 0 Å². The van der Waals surface area contributed by atoms with Crippen LogP contribution in [0, 0.1) is 27.7 Å². The zero-order chi connectivity index (χ0) is 20.3. The molecule has 0 aromatic heterocycles. The molecule has 2 aromatic rings. The first-order valence-corrected chi connectivity index (χ1v) is 20.6. The van der Waals surface area contributed by atoms with E-state index in [0.717, 1.165) is 7.25 Å². The van der Waals surface area contributed by atoms with Crippen molar-refractivity contribution >= 4 is 18.1 Å². The molecule has 0 saturated carbocycles. The van der Waals surface area contributed by atoms with E-state index in [4.69, 9.17) is 0 Å². The van der Waals surface area contributed by atoms with E-state index in [1.54, 1.807) is 22.3 Å². The van der Waals surface area contributed by atoms with Gasteiger partial charge in [0, 0.05) is 0 Å². The van der Waals surface area contributed by atoms with Crippen LogP contribution >= 0.6 is 0 Å². The zero-order valence-electron chi connectivity index (χ0n) is 18.7. The molecule has 0 bridgehead atoms. The van der Waals surface area contributed by atoms with Crippen molar-refractivity contribution in [3.05, 3.63) is 79.9 Å². The predicted molar refractivity (Wildman–Crippen MR) is 123 cm³/mol. The van der Waals surface area contributed by atoms with E-state index in [9.17, 15) is 0 Å². The number of fused-ring (bicyclic) bond motifs is 2. The van der Waals surface area contributed by atoms with Gasteiger partial charge in [-0.05, 0) is 0 Å². The molecule has 4 rings (SSSR count). The SMILES string of the molecule is CC1=Cc2cc(C)c(C)cc2[CH]1[Zr]([CH]1C(C)=Cc2cc(C)c(C)cc21)[SiH](C)C. The molecule has 28 heavy (non-hydrogen) atoms. The number of hydrogen-bond donors (Lipinski definition) is 0. The van der Waals surface area contributed by atoms with Crippen molar-refractivity contribution in [2.45, 2.75) is 61.9 Å². The fraction of sp³-hybridized carbons (Fsp3) is 0.385. The van der Waals surface area contributed by atoms with Crippen LogP contribution in [0.25, 0.3) is 12.2 Å². The van der Waals surface area contributed by atoms with Crippen molar-refractivity contribution in [1.82, 2.24) is 0 Å². The van der Waals surface area contributed by atoms with Gasteiger partial charge in [0.15, 0.2) is 0 Å². The molecule has 0 spiro atoms. The van der Waals surface area contributed by atoms with Gasteiger partial charge in [-0.25, -0.2) is 0 Å². The van der Waals surface area contributed by atoms with Gasteiger partial charge < -0.3 is 0 Å². The second-order valence-corrected chi connectivity index (χ2v) is 29.5. The van der Waals surface area contributed by atoms with Gasteiger partial charge in [0.2, 0.25) is 0 Å². The van der Waals surface area contributed by atoms with Gasteiger partial charge in [-0.15, -0.1) is 0 Å². The van der Waals surface area contributed by atoms with Crippen molar-refractivity contribution in [3.8, 4) is 0 Å². The average Bonchev–Trinajstić information content (AvgIpc) is 3.07. The van der Waals surface area contributed by atoms with Gasteiger partial charge in [-0.2, -0.15) is 0 Å². The van der Waals surface area contributed by atoms with Gasteiger partial charge >= 0.3 is 181 Å². The summed E-state index contributed by atoms with van der Waals surface area (Å²) >= 11 is -1.82. The second kappa shape index (κ2) is 7.37. The molecule has 0 heterocycles. The third kappa shape index (κ3) is 3.21. The monoisotopic (exact) mass is 463 g/mol. The van der Waals surface area contributed by atoms with Crippen molar-refractivity contribution < 1.29 is 20.9 Å². The van der Waals surface area contributed by atoms with E-state index < -0.39 is 26.8 Å². The molecule has 0 saturated heterocycles. The van der Waals surface area contributed by atoms with Crippen LogP contribution < -0.4 is 0 Å². The van der Waals surface area contributed by atoms with Crippen molar-refractivity contribution in [2.24, 2.45) is 0 Å². The number of hydrogen-bond acceptors (Lipinski definition) is 0. The zero-order valence-corrected chi connectivity index (χ0v) is 22.3. The molecule has 2 heteroatoms. The Hall–Kier alpha value is -0.980. The summed E-state index contributed by atoms with van der Waals surface area (Å²) in [5.41, 5.74) is 15.5. The Labute approximate surface area is 180 Å². The minimum atomic E-state index is -1.82. The Morgan fingerprint density at radius 2 is 0.964 bits per heavy atom. The van der Waals surface area contributed by atoms with E-state index in [1.165, 1.54) is 33.4 Å². The van der Waals surface area contributed by atoms with E-state index in [0.29, 0.717) is 0 Å². The molecule has 0 amide bonds. The summed E-state index contributed by atoms with van der Waals surface area (Å²) in [6, 6.07) is 9.95. The number of rotatable bonds is 3. The Kier molecular flexibility index (Phi) is 5.34. The molecule has 0 radical (unpaired) electrons. The maximum absolute atomic E-state index is 2.65. The van der Waals surface area contributed by atoms with E-state index in [-0.39, 0.29) is 0 Å². The fourth-order valence-electron chi connectivity index (χ4n) is 5.34. The summed E-state index contributed by atoms with van der Waals surface area (Å²) in [6.45, 7) is 19.2. The Bertz CT molecular complexity index is 946. The maximum atomic E-state index is 2.65. The van der Waals surface area contributed by atoms with Crippen LogP contribution in [-0.2, 0) is 20.9 Å². The third-order valence-corrected chi connectivity index (χ3v) is 29.2. The summed E-state index contributed by atoms with van der Waals surface area (Å²) in [7, 11) is 0. The molecule has 2 unspecified atom stereocenters. The first-order valence-electron chi connectivity index (χ1n) is 10.6. The van der Waals surface area contributed by atoms with Crippen LogP contribution in [0.5, 0.6) is 0 Å².